The highest BCUT2D eigenvalue weighted by molar-refractivity contribution is 5.97. The topological polar surface area (TPSA) is 46.3 Å². The number of nitrogens with zero attached hydrogens (tertiary/aromatic N) is 1. The van der Waals surface area contributed by atoms with Gasteiger partial charge in [0, 0.05) is 24.8 Å². The van der Waals surface area contributed by atoms with Gasteiger partial charge >= 0.3 is 0 Å². The SMILES string of the molecule is Cc1cc2c(c(C)c1C(N)=O)CCCN2C. The molecule has 0 saturated heterocycles. The quantitative estimate of drug-likeness (QED) is 0.781. The summed E-state index contributed by atoms with van der Waals surface area (Å²) in [6.45, 7) is 5.04. The van der Waals surface area contributed by atoms with Crippen molar-refractivity contribution in [1.29, 1.82) is 0 Å². The maximum Gasteiger partial charge on any atom is 0.249 e. The van der Waals surface area contributed by atoms with Gasteiger partial charge in [0.2, 0.25) is 5.91 Å². The van der Waals surface area contributed by atoms with Crippen molar-refractivity contribution in [2.24, 2.45) is 5.73 Å². The number of benzene rings is 1. The maximum atomic E-state index is 11.4. The number of nitrogens with two attached hydrogens (primary N) is 1. The zero-order valence-corrected chi connectivity index (χ0v) is 10.1. The lowest BCUT2D eigenvalue weighted by atomic mass is 9.90. The van der Waals surface area contributed by atoms with Crippen molar-refractivity contribution in [3.8, 4) is 0 Å². The summed E-state index contributed by atoms with van der Waals surface area (Å²) < 4.78 is 0. The highest BCUT2D eigenvalue weighted by Crippen LogP contribution is 2.32. The molecule has 2 rings (SSSR count). The van der Waals surface area contributed by atoms with Gasteiger partial charge in [-0.1, -0.05) is 0 Å². The van der Waals surface area contributed by atoms with Crippen molar-refractivity contribution in [2.45, 2.75) is 26.7 Å². The molecule has 1 aromatic carbocycles. The second-order valence-corrected chi connectivity index (χ2v) is 4.58. The number of amides is 1. The Hall–Kier alpha value is -1.51. The molecule has 0 bridgehead atoms. The van der Waals surface area contributed by atoms with Gasteiger partial charge in [-0.25, -0.2) is 0 Å². The molecular formula is C13H18N2O. The number of anilines is 1. The van der Waals surface area contributed by atoms with Crippen molar-refractivity contribution >= 4 is 11.6 Å². The minimum atomic E-state index is -0.314. The Morgan fingerprint density at radius 3 is 2.75 bits per heavy atom. The van der Waals surface area contributed by atoms with Gasteiger partial charge in [0.15, 0.2) is 0 Å². The first-order chi connectivity index (χ1) is 7.52. The molecule has 86 valence electrons. The van der Waals surface area contributed by atoms with E-state index in [2.05, 4.69) is 18.0 Å². The van der Waals surface area contributed by atoms with E-state index >= 15 is 0 Å². The van der Waals surface area contributed by atoms with E-state index in [9.17, 15) is 4.79 Å². The van der Waals surface area contributed by atoms with Gasteiger partial charge in [0.25, 0.3) is 0 Å². The Balaban J connectivity index is 2.67. The van der Waals surface area contributed by atoms with Crippen molar-refractivity contribution in [3.05, 3.63) is 28.3 Å². The van der Waals surface area contributed by atoms with Crippen molar-refractivity contribution in [2.75, 3.05) is 18.5 Å². The summed E-state index contributed by atoms with van der Waals surface area (Å²) in [4.78, 5) is 13.7. The lowest BCUT2D eigenvalue weighted by Crippen LogP contribution is -2.27. The Bertz CT molecular complexity index is 452. The van der Waals surface area contributed by atoms with Crippen LogP contribution in [-0.2, 0) is 6.42 Å². The van der Waals surface area contributed by atoms with Crippen LogP contribution in [0.1, 0.15) is 33.5 Å². The van der Waals surface area contributed by atoms with Gasteiger partial charge in [0.05, 0.1) is 0 Å². The van der Waals surface area contributed by atoms with Crippen molar-refractivity contribution in [3.63, 3.8) is 0 Å². The van der Waals surface area contributed by atoms with Gasteiger partial charge in [-0.05, 0) is 49.4 Å². The summed E-state index contributed by atoms with van der Waals surface area (Å²) in [7, 11) is 2.10. The molecule has 0 aliphatic carbocycles. The third-order valence-corrected chi connectivity index (χ3v) is 3.46. The van der Waals surface area contributed by atoms with Crippen LogP contribution in [0.4, 0.5) is 5.69 Å². The van der Waals surface area contributed by atoms with E-state index in [0.29, 0.717) is 5.56 Å². The standard InChI is InChI=1S/C13H18N2O/c1-8-7-11-10(5-4-6-15(11)3)9(2)12(8)13(14)16/h7H,4-6H2,1-3H3,(H2,14,16). The molecule has 3 nitrogen and oxygen atoms in total. The molecule has 1 aliphatic rings. The smallest absolute Gasteiger partial charge is 0.249 e. The van der Waals surface area contributed by atoms with Gasteiger partial charge in [-0.15, -0.1) is 0 Å². The molecule has 0 aromatic heterocycles. The number of carbonyl (C=O) groups excluding carboxylic acids is 1. The Morgan fingerprint density at radius 2 is 2.12 bits per heavy atom. The summed E-state index contributed by atoms with van der Waals surface area (Å²) in [5, 5.41) is 0. The largest absolute Gasteiger partial charge is 0.374 e. The molecule has 3 heteroatoms. The molecule has 16 heavy (non-hydrogen) atoms. The number of aryl methyl sites for hydroxylation is 1. The fourth-order valence-corrected chi connectivity index (χ4v) is 2.65. The summed E-state index contributed by atoms with van der Waals surface area (Å²) in [5.41, 5.74) is 10.7. The van der Waals surface area contributed by atoms with Crippen molar-refractivity contribution in [1.82, 2.24) is 0 Å². The average Bonchev–Trinajstić information content (AvgIpc) is 2.19. The van der Waals surface area contributed by atoms with Crippen LogP contribution in [0, 0.1) is 13.8 Å². The zero-order chi connectivity index (χ0) is 11.9. The van der Waals surface area contributed by atoms with Crippen LogP contribution in [0.3, 0.4) is 0 Å². The molecule has 1 aliphatic heterocycles. The van der Waals surface area contributed by atoms with E-state index in [1.165, 1.54) is 11.3 Å². The number of fused-ring (bicyclic) bond motifs is 1. The third kappa shape index (κ3) is 1.56. The molecule has 2 N–H and O–H groups in total. The molecule has 0 unspecified atom stereocenters. The van der Waals surface area contributed by atoms with Gasteiger partial charge < -0.3 is 10.6 Å². The third-order valence-electron chi connectivity index (χ3n) is 3.46. The highest BCUT2D eigenvalue weighted by atomic mass is 16.1. The van der Waals surface area contributed by atoms with Gasteiger partial charge in [-0.2, -0.15) is 0 Å². The maximum absolute atomic E-state index is 11.4. The van der Waals surface area contributed by atoms with Crippen LogP contribution in [0.2, 0.25) is 0 Å². The van der Waals surface area contributed by atoms with E-state index in [-0.39, 0.29) is 5.91 Å². The van der Waals surface area contributed by atoms with Crippen LogP contribution >= 0.6 is 0 Å². The minimum Gasteiger partial charge on any atom is -0.374 e. The molecule has 0 atom stereocenters. The fraction of sp³-hybridized carbons (Fsp3) is 0.462. The van der Waals surface area contributed by atoms with Crippen LogP contribution in [0.5, 0.6) is 0 Å². The predicted octanol–water partition coefficient (Wildman–Crippen LogP) is 1.78. The summed E-state index contributed by atoms with van der Waals surface area (Å²) >= 11 is 0. The lowest BCUT2D eigenvalue weighted by Gasteiger charge is -2.30. The predicted molar refractivity (Wildman–Crippen MR) is 66.0 cm³/mol. The molecular weight excluding hydrogens is 200 g/mol. The Labute approximate surface area is 96.2 Å². The zero-order valence-electron chi connectivity index (χ0n) is 10.1. The number of hydrogen-bond acceptors (Lipinski definition) is 2. The van der Waals surface area contributed by atoms with Gasteiger partial charge in [-0.3, -0.25) is 4.79 Å². The van der Waals surface area contributed by atoms with Gasteiger partial charge in [0.1, 0.15) is 0 Å². The molecule has 0 spiro atoms. The van der Waals surface area contributed by atoms with Crippen LogP contribution in [0.25, 0.3) is 0 Å². The van der Waals surface area contributed by atoms with E-state index in [1.54, 1.807) is 0 Å². The highest BCUT2D eigenvalue weighted by Gasteiger charge is 2.20. The van der Waals surface area contributed by atoms with E-state index in [1.807, 2.05) is 13.8 Å². The van der Waals surface area contributed by atoms with E-state index in [0.717, 1.165) is 30.5 Å². The number of primary amides is 1. The van der Waals surface area contributed by atoms with Crippen molar-refractivity contribution < 1.29 is 4.79 Å². The molecule has 1 aromatic rings. The monoisotopic (exact) mass is 218 g/mol. The first-order valence-electron chi connectivity index (χ1n) is 5.66. The van der Waals surface area contributed by atoms with Crippen LogP contribution < -0.4 is 10.6 Å². The van der Waals surface area contributed by atoms with E-state index < -0.39 is 0 Å². The molecule has 1 amide bonds. The fourth-order valence-electron chi connectivity index (χ4n) is 2.65. The lowest BCUT2D eigenvalue weighted by molar-refractivity contribution is 0.0999. The Kier molecular flexibility index (Phi) is 2.62. The summed E-state index contributed by atoms with van der Waals surface area (Å²) in [6.07, 6.45) is 2.19. The second kappa shape index (κ2) is 3.81. The average molecular weight is 218 g/mol. The minimum absolute atomic E-state index is 0.314. The van der Waals surface area contributed by atoms with Crippen LogP contribution in [-0.4, -0.2) is 19.5 Å². The number of carbonyl (C=O) groups is 1. The molecule has 0 radical (unpaired) electrons. The molecule has 0 fully saturated rings. The summed E-state index contributed by atoms with van der Waals surface area (Å²) in [6, 6.07) is 2.08. The second-order valence-electron chi connectivity index (χ2n) is 4.58. The normalized spacial score (nSPS) is 14.8. The summed E-state index contributed by atoms with van der Waals surface area (Å²) in [5.74, 6) is -0.314. The van der Waals surface area contributed by atoms with Crippen LogP contribution in [0.15, 0.2) is 6.07 Å². The number of hydrogen-bond donors (Lipinski definition) is 1. The molecule has 0 saturated carbocycles. The Morgan fingerprint density at radius 1 is 1.44 bits per heavy atom. The number of rotatable bonds is 1. The van der Waals surface area contributed by atoms with E-state index in [4.69, 9.17) is 5.73 Å². The first-order valence-corrected chi connectivity index (χ1v) is 5.66. The first kappa shape index (κ1) is 11.0. The molecule has 1 heterocycles.